The molecule has 0 fully saturated rings. The van der Waals surface area contributed by atoms with Crippen molar-refractivity contribution in [2.45, 2.75) is 12.8 Å². The molecule has 0 bridgehead atoms. The van der Waals surface area contributed by atoms with Crippen LogP contribution in [0.1, 0.15) is 22.5 Å². The number of ether oxygens (including phenoxy) is 2. The molecule has 0 spiro atoms. The molecule has 0 radical (unpaired) electrons. The lowest BCUT2D eigenvalue weighted by Gasteiger charge is -2.09. The fraction of sp³-hybridized carbons (Fsp3) is 0.267. The van der Waals surface area contributed by atoms with Gasteiger partial charge in [0.25, 0.3) is 0 Å². The van der Waals surface area contributed by atoms with Crippen molar-refractivity contribution in [3.63, 3.8) is 0 Å². The standard InChI is InChI=1S/C15H17NO3/c1-18-14-8-6-11(10-15(14)19-2)5-7-13(17)12-4-3-9-16-12/h3-4,6,8-10,16H,5,7H2,1-2H3. The summed E-state index contributed by atoms with van der Waals surface area (Å²) in [5.74, 6) is 1.49. The van der Waals surface area contributed by atoms with Crippen molar-refractivity contribution in [2.24, 2.45) is 0 Å². The third-order valence-corrected chi connectivity index (χ3v) is 2.99. The van der Waals surface area contributed by atoms with E-state index in [4.69, 9.17) is 9.47 Å². The molecule has 4 nitrogen and oxygen atoms in total. The van der Waals surface area contributed by atoms with Crippen molar-refractivity contribution >= 4 is 5.78 Å². The van der Waals surface area contributed by atoms with E-state index in [1.807, 2.05) is 24.3 Å². The number of carbonyl (C=O) groups excluding carboxylic acids is 1. The van der Waals surface area contributed by atoms with E-state index in [0.29, 0.717) is 30.0 Å². The largest absolute Gasteiger partial charge is 0.493 e. The van der Waals surface area contributed by atoms with Crippen LogP contribution in [-0.4, -0.2) is 25.0 Å². The van der Waals surface area contributed by atoms with E-state index in [1.54, 1.807) is 26.5 Å². The Morgan fingerprint density at radius 2 is 1.95 bits per heavy atom. The van der Waals surface area contributed by atoms with Crippen molar-refractivity contribution in [3.05, 3.63) is 47.8 Å². The summed E-state index contributed by atoms with van der Waals surface area (Å²) < 4.78 is 10.4. The predicted molar refractivity (Wildman–Crippen MR) is 73.0 cm³/mol. The summed E-state index contributed by atoms with van der Waals surface area (Å²) in [7, 11) is 3.21. The van der Waals surface area contributed by atoms with Crippen molar-refractivity contribution < 1.29 is 14.3 Å². The second kappa shape index (κ2) is 6.09. The fourth-order valence-electron chi connectivity index (χ4n) is 1.93. The number of ketones is 1. The van der Waals surface area contributed by atoms with Crippen LogP contribution >= 0.6 is 0 Å². The molecule has 1 heterocycles. The van der Waals surface area contributed by atoms with Gasteiger partial charge in [-0.3, -0.25) is 4.79 Å². The fourth-order valence-corrected chi connectivity index (χ4v) is 1.93. The van der Waals surface area contributed by atoms with E-state index in [1.165, 1.54) is 0 Å². The molecule has 0 saturated heterocycles. The number of carbonyl (C=O) groups is 1. The van der Waals surface area contributed by atoms with Gasteiger partial charge in [-0.2, -0.15) is 0 Å². The van der Waals surface area contributed by atoms with Gasteiger partial charge < -0.3 is 14.5 Å². The highest BCUT2D eigenvalue weighted by Crippen LogP contribution is 2.28. The van der Waals surface area contributed by atoms with Gasteiger partial charge in [-0.15, -0.1) is 0 Å². The van der Waals surface area contributed by atoms with Gasteiger partial charge in [0.2, 0.25) is 0 Å². The lowest BCUT2D eigenvalue weighted by molar-refractivity contribution is 0.0978. The molecule has 4 heteroatoms. The Hall–Kier alpha value is -2.23. The first-order chi connectivity index (χ1) is 9.24. The van der Waals surface area contributed by atoms with Crippen LogP contribution in [0.4, 0.5) is 0 Å². The first-order valence-corrected chi connectivity index (χ1v) is 6.12. The van der Waals surface area contributed by atoms with Gasteiger partial charge in [0, 0.05) is 12.6 Å². The Balaban J connectivity index is 2.02. The number of H-pyrrole nitrogens is 1. The highest BCUT2D eigenvalue weighted by Gasteiger charge is 2.09. The van der Waals surface area contributed by atoms with Gasteiger partial charge in [0.05, 0.1) is 19.9 Å². The van der Waals surface area contributed by atoms with Gasteiger partial charge >= 0.3 is 0 Å². The minimum atomic E-state index is 0.111. The Labute approximate surface area is 112 Å². The minimum Gasteiger partial charge on any atom is -0.493 e. The zero-order chi connectivity index (χ0) is 13.7. The summed E-state index contributed by atoms with van der Waals surface area (Å²) in [6.07, 6.45) is 2.90. The zero-order valence-electron chi connectivity index (χ0n) is 11.1. The van der Waals surface area contributed by atoms with Gasteiger partial charge in [-0.05, 0) is 36.2 Å². The van der Waals surface area contributed by atoms with Crippen molar-refractivity contribution in [2.75, 3.05) is 14.2 Å². The Morgan fingerprint density at radius 1 is 1.16 bits per heavy atom. The number of rotatable bonds is 6. The van der Waals surface area contributed by atoms with Crippen LogP contribution in [0, 0.1) is 0 Å². The molecule has 1 N–H and O–H groups in total. The van der Waals surface area contributed by atoms with E-state index in [0.717, 1.165) is 5.56 Å². The molecule has 100 valence electrons. The first-order valence-electron chi connectivity index (χ1n) is 6.12. The summed E-state index contributed by atoms with van der Waals surface area (Å²) in [5.41, 5.74) is 1.71. The Bertz CT molecular complexity index is 547. The van der Waals surface area contributed by atoms with Gasteiger partial charge in [0.1, 0.15) is 0 Å². The number of Topliss-reactive ketones (excluding diaryl/α,β-unsaturated/α-hetero) is 1. The number of hydrogen-bond acceptors (Lipinski definition) is 3. The molecule has 0 atom stereocenters. The van der Waals surface area contributed by atoms with E-state index < -0.39 is 0 Å². The second-order valence-corrected chi connectivity index (χ2v) is 4.20. The van der Waals surface area contributed by atoms with Crippen LogP contribution in [0.15, 0.2) is 36.5 Å². The number of methoxy groups -OCH3 is 2. The maximum absolute atomic E-state index is 11.9. The van der Waals surface area contributed by atoms with Crippen molar-refractivity contribution in [1.29, 1.82) is 0 Å². The average molecular weight is 259 g/mol. The maximum atomic E-state index is 11.9. The highest BCUT2D eigenvalue weighted by atomic mass is 16.5. The van der Waals surface area contributed by atoms with E-state index >= 15 is 0 Å². The number of hydrogen-bond donors (Lipinski definition) is 1. The second-order valence-electron chi connectivity index (χ2n) is 4.20. The maximum Gasteiger partial charge on any atom is 0.179 e. The van der Waals surface area contributed by atoms with Crippen LogP contribution in [-0.2, 0) is 6.42 Å². The monoisotopic (exact) mass is 259 g/mol. The molecule has 0 unspecified atom stereocenters. The Morgan fingerprint density at radius 3 is 2.58 bits per heavy atom. The van der Waals surface area contributed by atoms with E-state index in [9.17, 15) is 4.79 Å². The molecule has 2 rings (SSSR count). The smallest absolute Gasteiger partial charge is 0.179 e. The third-order valence-electron chi connectivity index (χ3n) is 2.99. The SMILES string of the molecule is COc1ccc(CCC(=O)c2ccc[nH]2)cc1OC. The van der Waals surface area contributed by atoms with E-state index in [2.05, 4.69) is 4.98 Å². The van der Waals surface area contributed by atoms with E-state index in [-0.39, 0.29) is 5.78 Å². The average Bonchev–Trinajstić information content (AvgIpc) is 2.98. The van der Waals surface area contributed by atoms with Gasteiger partial charge in [-0.1, -0.05) is 6.07 Å². The van der Waals surface area contributed by atoms with Gasteiger partial charge in [0.15, 0.2) is 17.3 Å². The molecule has 0 amide bonds. The normalized spacial score (nSPS) is 10.2. The van der Waals surface area contributed by atoms with Crippen LogP contribution in [0.2, 0.25) is 0 Å². The molecule has 0 aliphatic carbocycles. The number of benzene rings is 1. The number of aryl methyl sites for hydroxylation is 1. The lowest BCUT2D eigenvalue weighted by atomic mass is 10.1. The number of aromatic amines is 1. The molecule has 0 aliphatic heterocycles. The predicted octanol–water partition coefficient (Wildman–Crippen LogP) is 2.85. The molecule has 2 aromatic rings. The summed E-state index contributed by atoms with van der Waals surface area (Å²) in [6.45, 7) is 0. The van der Waals surface area contributed by atoms with Crippen LogP contribution < -0.4 is 9.47 Å². The third kappa shape index (κ3) is 3.16. The summed E-state index contributed by atoms with van der Waals surface area (Å²) in [5, 5.41) is 0. The molecular formula is C15H17NO3. The molecular weight excluding hydrogens is 242 g/mol. The van der Waals surface area contributed by atoms with Crippen LogP contribution in [0.5, 0.6) is 11.5 Å². The highest BCUT2D eigenvalue weighted by molar-refractivity contribution is 5.94. The summed E-state index contributed by atoms with van der Waals surface area (Å²) >= 11 is 0. The zero-order valence-corrected chi connectivity index (χ0v) is 11.1. The lowest BCUT2D eigenvalue weighted by Crippen LogP contribution is -2.01. The molecule has 1 aromatic carbocycles. The molecule has 1 aromatic heterocycles. The van der Waals surface area contributed by atoms with Crippen molar-refractivity contribution in [1.82, 2.24) is 4.98 Å². The Kier molecular flexibility index (Phi) is 4.23. The molecule has 19 heavy (non-hydrogen) atoms. The van der Waals surface area contributed by atoms with Gasteiger partial charge in [-0.25, -0.2) is 0 Å². The number of nitrogens with one attached hydrogen (secondary N) is 1. The van der Waals surface area contributed by atoms with Crippen LogP contribution in [0.25, 0.3) is 0 Å². The minimum absolute atomic E-state index is 0.111. The first kappa shape index (κ1) is 13.2. The number of aromatic nitrogens is 1. The van der Waals surface area contributed by atoms with Crippen molar-refractivity contribution in [3.8, 4) is 11.5 Å². The molecule has 0 saturated carbocycles. The summed E-state index contributed by atoms with van der Waals surface area (Å²) in [4.78, 5) is 14.8. The van der Waals surface area contributed by atoms with Crippen LogP contribution in [0.3, 0.4) is 0 Å². The topological polar surface area (TPSA) is 51.3 Å². The summed E-state index contributed by atoms with van der Waals surface area (Å²) in [6, 6.07) is 9.32. The molecule has 0 aliphatic rings. The quantitative estimate of drug-likeness (QED) is 0.811.